The van der Waals surface area contributed by atoms with Crippen LogP contribution in [-0.4, -0.2) is 129 Å². The minimum Gasteiger partial charge on any atom is -1.00 e. The number of hydrogen-bond donors (Lipinski definition) is 7. The molecule has 0 spiro atoms. The molecule has 614 valence electrons. The number of nitrogens with two attached hydrogens (primary N) is 2. The average Bonchev–Trinajstić information content (AvgIpc) is 1.62. The lowest BCUT2D eigenvalue weighted by atomic mass is 10.1. The molecule has 3 aliphatic heterocycles. The number of aliphatic hydroxyl groups is 1. The first-order valence-corrected chi connectivity index (χ1v) is 31.8. The first kappa shape index (κ1) is 160. The molecule has 3 heterocycles. The molecule has 7 atom stereocenters. The molecule has 7 rings (SSSR count). The van der Waals surface area contributed by atoms with E-state index >= 15 is 0 Å². The van der Waals surface area contributed by atoms with Crippen LogP contribution in [0.25, 0.3) is 0 Å². The van der Waals surface area contributed by atoms with Crippen molar-refractivity contribution in [1.29, 1.82) is 0 Å². The van der Waals surface area contributed by atoms with Crippen molar-refractivity contribution in [2.45, 2.75) is 97.5 Å². The van der Waals surface area contributed by atoms with E-state index in [1.54, 1.807) is 67.8 Å². The second-order valence-electron chi connectivity index (χ2n) is 18.3. The number of rotatable bonds is 10. The van der Waals surface area contributed by atoms with Crippen LogP contribution in [0.1, 0.15) is 93.0 Å². The maximum atomic E-state index is 12.9. The number of urea groups is 1. The molecular formula is C54H96Br16Cl2N10O14P4S-16. The lowest BCUT2D eigenvalue weighted by Crippen LogP contribution is -3.00. The highest BCUT2D eigenvalue weighted by atomic mass is 79.9. The SMILES string of the molecule is C.C.C.CC(C)(C)OO.CN=C=O.CO.COP(=O)(OC)C(C)(N)c1ccccc1.COP1(=O)N(C)C(=O)NC1(C)c1ccccc1.COP1(=O)N(C)C(=S)NC1(C)c1ccccc1.COP1(=O)N(C)C(N)=NC1(C)c1ccccc1.ClCCl.N.[Br-].[Br-].[Br-].[Br-].[Br-].[Br-].[Br-].[Br-].[Br-].[Br-].[Br-].[Br-].[Br-].[Br-].[Br-].[Br-]. The van der Waals surface area contributed by atoms with Crippen LogP contribution in [0.4, 0.5) is 4.79 Å². The molecule has 0 radical (unpaired) electrons. The van der Waals surface area contributed by atoms with Crippen LogP contribution >= 0.6 is 65.6 Å². The Balaban J connectivity index is -0.0000000392. The highest BCUT2D eigenvalue weighted by Gasteiger charge is 2.59. The van der Waals surface area contributed by atoms with Gasteiger partial charge in [-0.15, -0.1) is 23.2 Å². The Morgan fingerprint density at radius 3 is 1.10 bits per heavy atom. The Morgan fingerprint density at radius 1 is 0.584 bits per heavy atom. The van der Waals surface area contributed by atoms with Gasteiger partial charge in [-0.3, -0.25) is 37.5 Å². The second kappa shape index (κ2) is 75.9. The molecule has 0 bridgehead atoms. The van der Waals surface area contributed by atoms with Crippen LogP contribution in [0.5, 0.6) is 0 Å². The number of isocyanates is 1. The van der Waals surface area contributed by atoms with E-state index in [9.17, 15) is 23.1 Å². The number of aliphatic hydroxyl groups excluding tert-OH is 1. The van der Waals surface area contributed by atoms with Gasteiger partial charge in [0.2, 0.25) is 6.08 Å². The maximum Gasteiger partial charge on any atom is 0.354 e. The van der Waals surface area contributed by atoms with Crippen molar-refractivity contribution in [2.75, 3.05) is 76.2 Å². The van der Waals surface area contributed by atoms with Crippen molar-refractivity contribution < 1.29 is 337 Å². The molecule has 0 aromatic heterocycles. The zero-order valence-electron chi connectivity index (χ0n) is 55.6. The van der Waals surface area contributed by atoms with Gasteiger partial charge in [0.05, 0.1) is 10.9 Å². The fraction of sp³-hybridized carbons (Fsp3) is 0.481. The standard InChI is InChI=1S/C11H16N3O2P.C11H15N2O3P.C11H15N2O2PS.C10H16NO3P.C4H10O2.C2H3NO.CH2Cl2.CH4O.3CH4.16BrH.H3N/c1-11(9-7-5-4-6-8-9)13-10(12)14(2)17(11,15)16-3;1-11(9-7-5-4-6-8-9)12-10(14)13(2)17(11,15)16-3;1-11(9-7-5-4-6-8-9)12-10(17)13(2)16(11,14)15-3;1-10(11,15(12,13-2)14-3)9-7-5-4-6-8-9;1-4(2,3)6-5;1-3-2-4;2-1-3;1-2;;;;;;;;;;;;;;;;;;;;/h4-8H,1-3H3,(H2,12,13);4-8H,1-3H3,(H,12,14);4-8H,1-3H3,(H,12,17);4-8H,11H2,1-3H3;5H,1-3H3;1H3;1H2;2H,1H3;3*1H4;16*1H;1H3/p-16. The fourth-order valence-corrected chi connectivity index (χ4v) is 16.2. The van der Waals surface area contributed by atoms with Crippen LogP contribution in [0.15, 0.2) is 131 Å². The van der Waals surface area contributed by atoms with Crippen molar-refractivity contribution in [3.05, 3.63) is 144 Å². The van der Waals surface area contributed by atoms with Crippen molar-refractivity contribution >= 4 is 88.8 Å². The number of guanidine groups is 1. The molecule has 0 aliphatic carbocycles. The number of halogens is 18. The predicted molar refractivity (Wildman–Crippen MR) is 351 cm³/mol. The number of thiocarbonyl (C=S) groups is 1. The van der Waals surface area contributed by atoms with E-state index in [0.29, 0.717) is 5.11 Å². The van der Waals surface area contributed by atoms with E-state index < -0.39 is 56.9 Å². The zero-order valence-corrected chi connectivity index (χ0v) is 86.9. The van der Waals surface area contributed by atoms with Crippen molar-refractivity contribution in [3.63, 3.8) is 0 Å². The summed E-state index contributed by atoms with van der Waals surface area (Å²) in [6.07, 6.45) is 1.31. The van der Waals surface area contributed by atoms with Gasteiger partial charge in [0.1, 0.15) is 5.28 Å². The Morgan fingerprint density at radius 2 is 0.842 bits per heavy atom. The number of nitrogens with one attached hydrogen (secondary N) is 2. The van der Waals surface area contributed by atoms with Crippen LogP contribution in [0, 0.1) is 0 Å². The molecule has 4 aromatic carbocycles. The molecule has 0 saturated carbocycles. The summed E-state index contributed by atoms with van der Waals surface area (Å²) in [5.41, 5.74) is 14.6. The van der Waals surface area contributed by atoms with Crippen molar-refractivity contribution in [1.82, 2.24) is 30.8 Å². The molecule has 4 aromatic rings. The molecule has 24 nitrogen and oxygen atoms in total. The van der Waals surface area contributed by atoms with Crippen molar-refractivity contribution in [3.8, 4) is 0 Å². The van der Waals surface area contributed by atoms with Gasteiger partial charge in [0, 0.05) is 70.8 Å². The normalized spacial score (nSPS) is 20.0. The number of carbonyl (C=O) groups is 1. The third-order valence-corrected chi connectivity index (χ3v) is 24.1. The second-order valence-corrected chi connectivity index (χ2v) is 30.8. The Labute approximate surface area is 785 Å². The Bertz CT molecular complexity index is 2820. The molecule has 3 aliphatic rings. The number of aliphatic imine (C=N–C) groups is 2. The molecule has 47 heteroatoms. The Hall–Kier alpha value is 3.27. The smallest absolute Gasteiger partial charge is 0.354 e. The van der Waals surface area contributed by atoms with Crippen LogP contribution in [0.2, 0.25) is 0 Å². The summed E-state index contributed by atoms with van der Waals surface area (Å²) in [6, 6.07) is 36.9. The van der Waals surface area contributed by atoms with Gasteiger partial charge < -0.3 is 328 Å². The van der Waals surface area contributed by atoms with E-state index in [0.717, 1.165) is 34.0 Å². The number of hydrogen-bond acceptors (Lipinski definition) is 20. The first-order valence-electron chi connectivity index (χ1n) is 24.0. The van der Waals surface area contributed by atoms with Gasteiger partial charge in [-0.05, 0) is 82.9 Å². The highest BCUT2D eigenvalue weighted by Crippen LogP contribution is 2.70. The number of amides is 2. The van der Waals surface area contributed by atoms with Gasteiger partial charge in [-0.1, -0.05) is 144 Å². The number of alkyl halides is 2. The summed E-state index contributed by atoms with van der Waals surface area (Å²) >= 11 is 14.7. The van der Waals surface area contributed by atoms with Gasteiger partial charge in [0.15, 0.2) is 26.9 Å². The lowest BCUT2D eigenvalue weighted by molar-refractivity contribution is -0.306. The summed E-state index contributed by atoms with van der Waals surface area (Å²) in [5, 5.41) is 17.5. The monoisotopic (exact) mass is 2600 g/mol. The zero-order chi connectivity index (χ0) is 62.9. The first-order chi connectivity index (χ1) is 37.7. The average molecular weight is 2610 g/mol. The lowest BCUT2D eigenvalue weighted by Gasteiger charge is -2.31. The molecule has 2 fully saturated rings. The van der Waals surface area contributed by atoms with Crippen molar-refractivity contribution in [2.24, 2.45) is 21.5 Å². The van der Waals surface area contributed by atoms with Crippen LogP contribution in [0.3, 0.4) is 0 Å². The molecule has 2 saturated heterocycles. The topological polar surface area (TPSA) is 344 Å². The van der Waals surface area contributed by atoms with E-state index in [2.05, 4.69) is 25.5 Å². The van der Waals surface area contributed by atoms with Gasteiger partial charge in [0.25, 0.3) is 0 Å². The van der Waals surface area contributed by atoms with E-state index in [1.165, 1.54) is 65.1 Å². The summed E-state index contributed by atoms with van der Waals surface area (Å²) < 4.78 is 80.4. The van der Waals surface area contributed by atoms with Gasteiger partial charge in [-0.2, -0.15) is 0 Å². The minimum absolute atomic E-state index is 0. The third-order valence-electron chi connectivity index (χ3n) is 12.3. The van der Waals surface area contributed by atoms with Gasteiger partial charge >= 0.3 is 36.2 Å². The largest absolute Gasteiger partial charge is 1.00 e. The third kappa shape index (κ3) is 41.8. The summed E-state index contributed by atoms with van der Waals surface area (Å²) in [5.74, 6) is 0.238. The van der Waals surface area contributed by atoms with E-state index in [1.807, 2.05) is 116 Å². The van der Waals surface area contributed by atoms with E-state index in [4.69, 9.17) is 84.7 Å². The van der Waals surface area contributed by atoms with Crippen LogP contribution < -0.4 is 300 Å². The quantitative estimate of drug-likeness (QED) is 0.0147. The summed E-state index contributed by atoms with van der Waals surface area (Å²) in [4.78, 5) is 31.8. The molecule has 2 amide bonds. The minimum atomic E-state index is -3.33. The maximum absolute atomic E-state index is 12.9. The highest BCUT2D eigenvalue weighted by molar-refractivity contribution is 7.81. The molecule has 101 heavy (non-hydrogen) atoms. The molecule has 11 N–H and O–H groups in total. The number of benzene rings is 4. The Kier molecular flexibility index (Phi) is 121. The number of nitrogens with zero attached hydrogens (tertiary/aromatic N) is 5. The summed E-state index contributed by atoms with van der Waals surface area (Å²) in [6.45, 7) is 12.3. The van der Waals surface area contributed by atoms with Crippen LogP contribution in [-0.2, 0) is 71.7 Å². The predicted octanol–water partition coefficient (Wildman–Crippen LogP) is -34.5. The van der Waals surface area contributed by atoms with Gasteiger partial charge in [-0.25, -0.2) is 24.5 Å². The molecular weight excluding hydrogens is 2520 g/mol. The molecule has 7 unspecified atom stereocenters. The number of carbonyl (C=O) groups excluding carboxylic acids is 2. The fourth-order valence-electron chi connectivity index (χ4n) is 7.62. The van der Waals surface area contributed by atoms with E-state index in [-0.39, 0.29) is 317 Å². The summed E-state index contributed by atoms with van der Waals surface area (Å²) in [7, 11) is 1.29.